The van der Waals surface area contributed by atoms with Crippen molar-refractivity contribution in [2.45, 2.75) is 52.1 Å². The van der Waals surface area contributed by atoms with Crippen LogP contribution in [0.1, 0.15) is 45.6 Å². The van der Waals surface area contributed by atoms with E-state index in [9.17, 15) is 4.39 Å². The molecule has 0 aliphatic carbocycles. The van der Waals surface area contributed by atoms with Gasteiger partial charge in [-0.2, -0.15) is 0 Å². The van der Waals surface area contributed by atoms with E-state index in [4.69, 9.17) is 4.74 Å². The fraction of sp³-hybridized carbons (Fsp3) is 0.650. The number of likely N-dealkylation sites (tertiary alicyclic amines) is 1. The number of piperidine rings is 1. The first-order chi connectivity index (χ1) is 12.5. The van der Waals surface area contributed by atoms with E-state index in [0.29, 0.717) is 6.54 Å². The van der Waals surface area contributed by atoms with Crippen molar-refractivity contribution in [1.29, 1.82) is 0 Å². The highest BCUT2D eigenvalue weighted by atomic mass is 19.1. The maximum absolute atomic E-state index is 13.8. The third kappa shape index (κ3) is 5.87. The van der Waals surface area contributed by atoms with E-state index in [1.54, 1.807) is 6.07 Å². The number of benzene rings is 1. The van der Waals surface area contributed by atoms with E-state index in [1.807, 2.05) is 13.0 Å². The molecule has 1 aliphatic rings. The molecule has 1 heterocycles. The average Bonchev–Trinajstić information content (AvgIpc) is 2.65. The van der Waals surface area contributed by atoms with Gasteiger partial charge in [0, 0.05) is 18.6 Å². The summed E-state index contributed by atoms with van der Waals surface area (Å²) in [6.07, 6.45) is 3.89. The van der Waals surface area contributed by atoms with Gasteiger partial charge in [0.15, 0.2) is 17.5 Å². The van der Waals surface area contributed by atoms with Gasteiger partial charge >= 0.3 is 0 Å². The number of nitrogens with one attached hydrogen (secondary N) is 2. The molecule has 1 aromatic carbocycles. The zero-order chi connectivity index (χ0) is 19.0. The van der Waals surface area contributed by atoms with Gasteiger partial charge in [-0.25, -0.2) is 9.38 Å². The van der Waals surface area contributed by atoms with Crippen LogP contribution in [0.3, 0.4) is 0 Å². The minimum atomic E-state index is -0.357. The van der Waals surface area contributed by atoms with Crippen LogP contribution in [0, 0.1) is 5.82 Å². The summed E-state index contributed by atoms with van der Waals surface area (Å²) >= 11 is 0. The lowest BCUT2D eigenvalue weighted by Crippen LogP contribution is -2.54. The number of hydrogen-bond acceptors (Lipinski definition) is 3. The van der Waals surface area contributed by atoms with Gasteiger partial charge in [-0.15, -0.1) is 0 Å². The average molecular weight is 365 g/mol. The Bertz CT molecular complexity index is 597. The summed E-state index contributed by atoms with van der Waals surface area (Å²) in [5.74, 6) is 0.657. The monoisotopic (exact) mass is 364 g/mol. The molecule has 2 N–H and O–H groups in total. The van der Waals surface area contributed by atoms with Crippen molar-refractivity contribution >= 4 is 5.96 Å². The zero-order valence-electron chi connectivity index (χ0n) is 16.6. The molecule has 0 saturated carbocycles. The Hall–Kier alpha value is -1.82. The Morgan fingerprint density at radius 3 is 2.58 bits per heavy atom. The summed E-state index contributed by atoms with van der Waals surface area (Å²) in [5.41, 5.74) is 0.888. The van der Waals surface area contributed by atoms with Crippen molar-refractivity contribution in [3.05, 3.63) is 29.6 Å². The van der Waals surface area contributed by atoms with E-state index in [1.165, 1.54) is 32.4 Å². The molecule has 6 heteroatoms. The van der Waals surface area contributed by atoms with Crippen molar-refractivity contribution in [3.8, 4) is 5.75 Å². The molecule has 0 spiro atoms. The second kappa shape index (κ2) is 9.76. The maximum Gasteiger partial charge on any atom is 0.191 e. The molecule has 0 amide bonds. The molecule has 0 atom stereocenters. The molecule has 5 nitrogen and oxygen atoms in total. The molecule has 2 rings (SSSR count). The Balaban J connectivity index is 1.96. The largest absolute Gasteiger partial charge is 0.494 e. The summed E-state index contributed by atoms with van der Waals surface area (Å²) < 4.78 is 18.8. The molecule has 1 aliphatic heterocycles. The molecule has 146 valence electrons. The van der Waals surface area contributed by atoms with Gasteiger partial charge in [0.25, 0.3) is 0 Å². The molecular weight excluding hydrogens is 331 g/mol. The van der Waals surface area contributed by atoms with Crippen molar-refractivity contribution in [1.82, 2.24) is 15.5 Å². The molecule has 1 saturated heterocycles. The molecule has 1 aromatic rings. The van der Waals surface area contributed by atoms with E-state index < -0.39 is 0 Å². The van der Waals surface area contributed by atoms with Crippen LogP contribution in [0.5, 0.6) is 5.75 Å². The van der Waals surface area contributed by atoms with Gasteiger partial charge in [-0.1, -0.05) is 12.5 Å². The third-order valence-corrected chi connectivity index (χ3v) is 4.88. The van der Waals surface area contributed by atoms with Crippen molar-refractivity contribution in [2.24, 2.45) is 4.99 Å². The highest BCUT2D eigenvalue weighted by molar-refractivity contribution is 5.79. The van der Waals surface area contributed by atoms with Gasteiger partial charge in [-0.3, -0.25) is 4.90 Å². The molecule has 0 bridgehead atoms. The number of guanidine groups is 1. The lowest BCUT2D eigenvalue weighted by Gasteiger charge is -2.41. The third-order valence-electron chi connectivity index (χ3n) is 4.88. The maximum atomic E-state index is 13.8. The summed E-state index contributed by atoms with van der Waals surface area (Å²) in [4.78, 5) is 7.14. The molecule has 26 heavy (non-hydrogen) atoms. The van der Waals surface area contributed by atoms with Crippen LogP contribution in [0.4, 0.5) is 4.39 Å². The number of methoxy groups -OCH3 is 1. The summed E-state index contributed by atoms with van der Waals surface area (Å²) in [5, 5.41) is 6.71. The first-order valence-corrected chi connectivity index (χ1v) is 9.56. The van der Waals surface area contributed by atoms with Crippen LogP contribution in [-0.4, -0.2) is 49.7 Å². The number of halogens is 1. The predicted octanol–water partition coefficient (Wildman–Crippen LogP) is 3.15. The minimum absolute atomic E-state index is 0.0723. The molecule has 0 unspecified atom stereocenters. The second-order valence-electron chi connectivity index (χ2n) is 7.38. The van der Waals surface area contributed by atoms with Crippen LogP contribution in [0.15, 0.2) is 23.2 Å². The Labute approximate surface area is 157 Å². The van der Waals surface area contributed by atoms with Crippen molar-refractivity contribution < 1.29 is 9.13 Å². The van der Waals surface area contributed by atoms with Gasteiger partial charge in [0.1, 0.15) is 0 Å². The van der Waals surface area contributed by atoms with Crippen molar-refractivity contribution in [3.63, 3.8) is 0 Å². The lowest BCUT2D eigenvalue weighted by molar-refractivity contribution is 0.0982. The van der Waals surface area contributed by atoms with E-state index in [2.05, 4.69) is 34.4 Å². The molecular formula is C20H33FN4O. The Morgan fingerprint density at radius 2 is 1.96 bits per heavy atom. The summed E-state index contributed by atoms with van der Waals surface area (Å²) in [6.45, 7) is 10.9. The highest BCUT2D eigenvalue weighted by Crippen LogP contribution is 2.20. The highest BCUT2D eigenvalue weighted by Gasteiger charge is 2.27. The fourth-order valence-electron chi connectivity index (χ4n) is 3.23. The lowest BCUT2D eigenvalue weighted by atomic mass is 9.98. The number of aliphatic imine (C=N–C) groups is 1. The zero-order valence-corrected chi connectivity index (χ0v) is 16.6. The topological polar surface area (TPSA) is 48.9 Å². The quantitative estimate of drug-likeness (QED) is 0.576. The van der Waals surface area contributed by atoms with Gasteiger partial charge in [0.2, 0.25) is 0 Å². The number of ether oxygens (including phenoxy) is 1. The number of rotatable bonds is 7. The van der Waals surface area contributed by atoms with Gasteiger partial charge < -0.3 is 15.4 Å². The predicted molar refractivity (Wildman–Crippen MR) is 105 cm³/mol. The molecule has 1 fully saturated rings. The van der Waals surface area contributed by atoms with Crippen molar-refractivity contribution in [2.75, 3.05) is 33.3 Å². The number of hydrogen-bond donors (Lipinski definition) is 2. The SMILES string of the molecule is CCNC(=NCc1ccc(OC)c(F)c1)NCC(C)(C)N1CCCCC1. The van der Waals surface area contributed by atoms with Gasteiger partial charge in [-0.05, 0) is 64.4 Å². The minimum Gasteiger partial charge on any atom is -0.494 e. The summed E-state index contributed by atoms with van der Waals surface area (Å²) in [7, 11) is 1.47. The van der Waals surface area contributed by atoms with E-state index in [-0.39, 0.29) is 17.1 Å². The summed E-state index contributed by atoms with van der Waals surface area (Å²) in [6, 6.07) is 4.95. The van der Waals surface area contributed by atoms with Crippen LogP contribution in [0.2, 0.25) is 0 Å². The van der Waals surface area contributed by atoms with Crippen LogP contribution < -0.4 is 15.4 Å². The van der Waals surface area contributed by atoms with Crippen LogP contribution in [0.25, 0.3) is 0 Å². The smallest absolute Gasteiger partial charge is 0.191 e. The van der Waals surface area contributed by atoms with E-state index >= 15 is 0 Å². The Morgan fingerprint density at radius 1 is 1.23 bits per heavy atom. The Kier molecular flexibility index (Phi) is 7.69. The fourth-order valence-corrected chi connectivity index (χ4v) is 3.23. The molecule has 0 radical (unpaired) electrons. The second-order valence-corrected chi connectivity index (χ2v) is 7.38. The van der Waals surface area contributed by atoms with Gasteiger partial charge in [0.05, 0.1) is 13.7 Å². The molecule has 0 aromatic heterocycles. The standard InChI is InChI=1S/C20H33FN4O/c1-5-22-19(23-14-16-9-10-18(26-4)17(21)13-16)24-15-20(2,3)25-11-7-6-8-12-25/h9-10,13H,5-8,11-12,14-15H2,1-4H3,(H2,22,23,24). The number of nitrogens with zero attached hydrogens (tertiary/aromatic N) is 2. The first-order valence-electron chi connectivity index (χ1n) is 9.56. The first kappa shape index (κ1) is 20.5. The van der Waals surface area contributed by atoms with E-state index in [0.717, 1.165) is 37.7 Å². The van der Waals surface area contributed by atoms with Crippen LogP contribution in [-0.2, 0) is 6.54 Å². The normalized spacial score (nSPS) is 16.4. The van der Waals surface area contributed by atoms with Crippen LogP contribution >= 0.6 is 0 Å².